The predicted molar refractivity (Wildman–Crippen MR) is 108 cm³/mol. The van der Waals surface area contributed by atoms with Crippen molar-refractivity contribution in [3.63, 3.8) is 0 Å². The van der Waals surface area contributed by atoms with Crippen molar-refractivity contribution in [3.05, 3.63) is 54.4 Å². The highest BCUT2D eigenvalue weighted by Crippen LogP contribution is 2.29. The number of anilines is 1. The van der Waals surface area contributed by atoms with Crippen LogP contribution in [0.5, 0.6) is 11.5 Å². The SMILES string of the molecule is COc1ccc(NCc2nnc(SCC(N)=O)n2-c2ccccc2OC)cc1. The van der Waals surface area contributed by atoms with Crippen LogP contribution < -0.4 is 20.5 Å². The lowest BCUT2D eigenvalue weighted by atomic mass is 10.3. The van der Waals surface area contributed by atoms with Gasteiger partial charge in [-0.2, -0.15) is 0 Å². The highest BCUT2D eigenvalue weighted by atomic mass is 32.2. The van der Waals surface area contributed by atoms with Gasteiger partial charge in [0.1, 0.15) is 11.5 Å². The molecule has 8 nitrogen and oxygen atoms in total. The van der Waals surface area contributed by atoms with E-state index in [1.807, 2.05) is 53.1 Å². The molecule has 0 aliphatic rings. The Morgan fingerprint density at radius 2 is 1.86 bits per heavy atom. The Bertz CT molecular complexity index is 943. The first-order valence-corrected chi connectivity index (χ1v) is 9.47. The predicted octanol–water partition coefficient (Wildman–Crippen LogP) is 2.47. The van der Waals surface area contributed by atoms with Crippen molar-refractivity contribution in [3.8, 4) is 17.2 Å². The largest absolute Gasteiger partial charge is 0.497 e. The first-order chi connectivity index (χ1) is 13.6. The van der Waals surface area contributed by atoms with Crippen molar-refractivity contribution in [2.45, 2.75) is 11.7 Å². The molecular formula is C19H21N5O3S. The van der Waals surface area contributed by atoms with Gasteiger partial charge in [0.05, 0.1) is 32.2 Å². The molecule has 0 radical (unpaired) electrons. The Morgan fingerprint density at radius 3 is 2.54 bits per heavy atom. The molecule has 0 saturated carbocycles. The maximum atomic E-state index is 11.2. The molecule has 28 heavy (non-hydrogen) atoms. The summed E-state index contributed by atoms with van der Waals surface area (Å²) in [6, 6.07) is 15.2. The highest BCUT2D eigenvalue weighted by molar-refractivity contribution is 7.99. The number of nitrogens with zero attached hydrogens (tertiary/aromatic N) is 3. The standard InChI is InChI=1S/C19H21N5O3S/c1-26-14-9-7-13(8-10-14)21-11-18-22-23-19(28-12-17(20)25)24(18)15-5-3-4-6-16(15)27-2/h3-10,21H,11-12H2,1-2H3,(H2,20,25). The van der Waals surface area contributed by atoms with Crippen LogP contribution >= 0.6 is 11.8 Å². The average molecular weight is 399 g/mol. The molecule has 9 heteroatoms. The van der Waals surface area contributed by atoms with Gasteiger partial charge in [-0.05, 0) is 36.4 Å². The summed E-state index contributed by atoms with van der Waals surface area (Å²) in [5.74, 6) is 1.82. The van der Waals surface area contributed by atoms with Crippen LogP contribution in [-0.4, -0.2) is 40.6 Å². The van der Waals surface area contributed by atoms with E-state index in [2.05, 4.69) is 15.5 Å². The summed E-state index contributed by atoms with van der Waals surface area (Å²) in [6.07, 6.45) is 0. The summed E-state index contributed by atoms with van der Waals surface area (Å²) in [4.78, 5) is 11.2. The van der Waals surface area contributed by atoms with Crippen molar-refractivity contribution in [1.82, 2.24) is 14.8 Å². The van der Waals surface area contributed by atoms with Gasteiger partial charge >= 0.3 is 0 Å². The molecule has 0 unspecified atom stereocenters. The van der Waals surface area contributed by atoms with E-state index in [1.165, 1.54) is 11.8 Å². The summed E-state index contributed by atoms with van der Waals surface area (Å²) < 4.78 is 12.5. The number of rotatable bonds is 9. The fourth-order valence-electron chi connectivity index (χ4n) is 2.59. The van der Waals surface area contributed by atoms with E-state index < -0.39 is 5.91 Å². The summed E-state index contributed by atoms with van der Waals surface area (Å²) in [5, 5.41) is 12.4. The molecule has 0 spiro atoms. The molecule has 0 atom stereocenters. The smallest absolute Gasteiger partial charge is 0.227 e. The van der Waals surface area contributed by atoms with Crippen LogP contribution in [-0.2, 0) is 11.3 Å². The lowest BCUT2D eigenvalue weighted by Crippen LogP contribution is -2.14. The van der Waals surface area contributed by atoms with Crippen LogP contribution in [0.25, 0.3) is 5.69 Å². The number of amides is 1. The molecule has 3 aromatic rings. The number of primary amides is 1. The van der Waals surface area contributed by atoms with Crippen molar-refractivity contribution < 1.29 is 14.3 Å². The highest BCUT2D eigenvalue weighted by Gasteiger charge is 2.18. The minimum atomic E-state index is -0.419. The van der Waals surface area contributed by atoms with Crippen LogP contribution in [0.15, 0.2) is 53.7 Å². The number of hydrogen-bond donors (Lipinski definition) is 2. The number of thioether (sulfide) groups is 1. The van der Waals surface area contributed by atoms with E-state index in [0.29, 0.717) is 23.3 Å². The number of carbonyl (C=O) groups is 1. The number of carbonyl (C=O) groups excluding carboxylic acids is 1. The van der Waals surface area contributed by atoms with Gasteiger partial charge in [-0.15, -0.1) is 10.2 Å². The summed E-state index contributed by atoms with van der Waals surface area (Å²) in [7, 11) is 3.23. The van der Waals surface area contributed by atoms with Crippen LogP contribution in [0.4, 0.5) is 5.69 Å². The van der Waals surface area contributed by atoms with Crippen molar-refractivity contribution in [2.24, 2.45) is 5.73 Å². The molecule has 0 aliphatic heterocycles. The van der Waals surface area contributed by atoms with Crippen LogP contribution in [0.1, 0.15) is 5.82 Å². The van der Waals surface area contributed by atoms with Gasteiger partial charge in [0.25, 0.3) is 0 Å². The molecule has 0 bridgehead atoms. The number of methoxy groups -OCH3 is 2. The fraction of sp³-hybridized carbons (Fsp3) is 0.211. The normalized spacial score (nSPS) is 10.5. The van der Waals surface area contributed by atoms with E-state index in [1.54, 1.807) is 14.2 Å². The lowest BCUT2D eigenvalue weighted by Gasteiger charge is -2.14. The Hall–Kier alpha value is -3.20. The Balaban J connectivity index is 1.90. The number of nitrogens with two attached hydrogens (primary N) is 1. The van der Waals surface area contributed by atoms with Gasteiger partial charge in [0.15, 0.2) is 11.0 Å². The molecule has 3 rings (SSSR count). The van der Waals surface area contributed by atoms with Gasteiger partial charge in [-0.25, -0.2) is 0 Å². The summed E-state index contributed by atoms with van der Waals surface area (Å²) in [6.45, 7) is 0.425. The minimum absolute atomic E-state index is 0.110. The zero-order valence-electron chi connectivity index (χ0n) is 15.6. The monoisotopic (exact) mass is 399 g/mol. The second-order valence-electron chi connectivity index (χ2n) is 5.74. The van der Waals surface area contributed by atoms with E-state index >= 15 is 0 Å². The first kappa shape index (κ1) is 19.6. The van der Waals surface area contributed by atoms with Crippen LogP contribution in [0.2, 0.25) is 0 Å². The van der Waals surface area contributed by atoms with Crippen molar-refractivity contribution in [2.75, 3.05) is 25.3 Å². The quantitative estimate of drug-likeness (QED) is 0.533. The molecule has 1 amide bonds. The minimum Gasteiger partial charge on any atom is -0.497 e. The fourth-order valence-corrected chi connectivity index (χ4v) is 3.29. The second-order valence-corrected chi connectivity index (χ2v) is 6.69. The Kier molecular flexibility index (Phi) is 6.38. The third-order valence-electron chi connectivity index (χ3n) is 3.91. The molecule has 1 heterocycles. The maximum absolute atomic E-state index is 11.2. The van der Waals surface area contributed by atoms with E-state index in [-0.39, 0.29) is 5.75 Å². The maximum Gasteiger partial charge on any atom is 0.227 e. The average Bonchev–Trinajstić information content (AvgIpc) is 3.13. The summed E-state index contributed by atoms with van der Waals surface area (Å²) >= 11 is 1.23. The Morgan fingerprint density at radius 1 is 1.11 bits per heavy atom. The van der Waals surface area contributed by atoms with E-state index in [9.17, 15) is 4.79 Å². The molecule has 146 valence electrons. The van der Waals surface area contributed by atoms with Crippen LogP contribution in [0, 0.1) is 0 Å². The van der Waals surface area contributed by atoms with Gasteiger partial charge in [0, 0.05) is 5.69 Å². The molecule has 0 saturated heterocycles. The zero-order chi connectivity index (χ0) is 19.9. The zero-order valence-corrected chi connectivity index (χ0v) is 16.4. The summed E-state index contributed by atoms with van der Waals surface area (Å²) in [5.41, 5.74) is 6.99. The number of hydrogen-bond acceptors (Lipinski definition) is 7. The van der Waals surface area contributed by atoms with E-state index in [4.69, 9.17) is 15.2 Å². The number of benzene rings is 2. The molecule has 0 aliphatic carbocycles. The topological polar surface area (TPSA) is 104 Å². The van der Waals surface area contributed by atoms with Gasteiger partial charge in [-0.3, -0.25) is 9.36 Å². The molecule has 0 fully saturated rings. The second kappa shape index (κ2) is 9.14. The molecule has 1 aromatic heterocycles. The third-order valence-corrected chi connectivity index (χ3v) is 4.86. The van der Waals surface area contributed by atoms with Crippen LogP contribution in [0.3, 0.4) is 0 Å². The Labute approximate surface area is 167 Å². The number of para-hydroxylation sites is 2. The lowest BCUT2D eigenvalue weighted by molar-refractivity contribution is -0.115. The van der Waals surface area contributed by atoms with E-state index in [0.717, 1.165) is 17.1 Å². The van der Waals surface area contributed by atoms with Gasteiger partial charge < -0.3 is 20.5 Å². The molecular weight excluding hydrogens is 378 g/mol. The van der Waals surface area contributed by atoms with Gasteiger partial charge in [-0.1, -0.05) is 23.9 Å². The first-order valence-electron chi connectivity index (χ1n) is 8.49. The molecule has 3 N–H and O–H groups in total. The number of ether oxygens (including phenoxy) is 2. The van der Waals surface area contributed by atoms with Crippen molar-refractivity contribution >= 4 is 23.4 Å². The third kappa shape index (κ3) is 4.55. The van der Waals surface area contributed by atoms with Crippen molar-refractivity contribution in [1.29, 1.82) is 0 Å². The number of aromatic nitrogens is 3. The number of nitrogens with one attached hydrogen (secondary N) is 1. The van der Waals surface area contributed by atoms with Gasteiger partial charge in [0.2, 0.25) is 5.91 Å². The molecule has 2 aromatic carbocycles.